The van der Waals surface area contributed by atoms with Crippen LogP contribution in [0.5, 0.6) is 5.75 Å². The molecule has 2 rings (SSSR count). The molecule has 0 aliphatic carbocycles. The maximum absolute atomic E-state index is 5.86. The van der Waals surface area contributed by atoms with Crippen LogP contribution in [0.15, 0.2) is 18.2 Å². The van der Waals surface area contributed by atoms with E-state index in [9.17, 15) is 0 Å². The minimum atomic E-state index is 0. The van der Waals surface area contributed by atoms with E-state index in [-0.39, 0.29) is 49.6 Å². The number of nitrogen functional groups attached to an aromatic ring is 2. The highest BCUT2D eigenvalue weighted by atomic mass is 35.5. The van der Waals surface area contributed by atoms with Crippen molar-refractivity contribution in [2.45, 2.75) is 0 Å². The number of piperazine rings is 1. The molecule has 1 heterocycles. The van der Waals surface area contributed by atoms with E-state index < -0.39 is 0 Å². The Balaban J connectivity index is -0.000001000. The van der Waals surface area contributed by atoms with E-state index in [2.05, 4.69) is 19.0 Å². The molecule has 1 saturated heterocycles. The first-order chi connectivity index (χ1) is 8.96. The van der Waals surface area contributed by atoms with E-state index in [4.69, 9.17) is 16.2 Å². The minimum Gasteiger partial charge on any atom is -1.00 e. The SMILES string of the molecule is C[N+]1(C)CCN(CCOc2ccc(N)cc2N)CC1.Cl.Cl.Cl.[Cl-]. The number of anilines is 2. The quantitative estimate of drug-likeness (QED) is 0.489. The van der Waals surface area contributed by atoms with Crippen LogP contribution in [0.25, 0.3) is 0 Å². The third-order valence-corrected chi connectivity index (χ3v) is 3.74. The second-order valence-corrected chi connectivity index (χ2v) is 5.87. The molecule has 138 valence electrons. The van der Waals surface area contributed by atoms with Crippen molar-refractivity contribution in [1.29, 1.82) is 0 Å². The van der Waals surface area contributed by atoms with Crippen LogP contribution in [0.3, 0.4) is 0 Å². The van der Waals surface area contributed by atoms with Crippen molar-refractivity contribution in [2.24, 2.45) is 0 Å². The van der Waals surface area contributed by atoms with E-state index in [0.29, 0.717) is 18.0 Å². The van der Waals surface area contributed by atoms with Crippen LogP contribution in [0.2, 0.25) is 0 Å². The Morgan fingerprint density at radius 2 is 1.65 bits per heavy atom. The van der Waals surface area contributed by atoms with E-state index >= 15 is 0 Å². The number of ether oxygens (including phenoxy) is 1. The van der Waals surface area contributed by atoms with Crippen molar-refractivity contribution in [1.82, 2.24) is 4.90 Å². The van der Waals surface area contributed by atoms with Crippen LogP contribution < -0.4 is 28.6 Å². The summed E-state index contributed by atoms with van der Waals surface area (Å²) in [7, 11) is 4.56. The highest BCUT2D eigenvalue weighted by molar-refractivity contribution is 5.86. The second-order valence-electron chi connectivity index (χ2n) is 5.87. The van der Waals surface area contributed by atoms with E-state index in [0.717, 1.165) is 29.9 Å². The Labute approximate surface area is 163 Å². The lowest BCUT2D eigenvalue weighted by atomic mass is 10.2. The number of nitrogens with two attached hydrogens (primary N) is 2. The number of halogens is 4. The first-order valence-electron chi connectivity index (χ1n) is 6.78. The van der Waals surface area contributed by atoms with Crippen LogP contribution in [-0.2, 0) is 0 Å². The fourth-order valence-corrected chi connectivity index (χ4v) is 2.25. The van der Waals surface area contributed by atoms with Gasteiger partial charge in [-0.25, -0.2) is 0 Å². The molecule has 4 N–H and O–H groups in total. The standard InChI is InChI=1S/C14H25N4O.4ClH/c1-18(2)8-5-17(6-9-18)7-10-19-14-4-3-12(15)11-13(14)16;;;;/h3-4,11H,5-10,15-16H2,1-2H3;4*1H/q+1;;;;/p-1. The van der Waals surface area contributed by atoms with Gasteiger partial charge in [0.2, 0.25) is 0 Å². The zero-order valence-corrected chi connectivity index (χ0v) is 16.7. The normalized spacial score (nSPS) is 15.9. The van der Waals surface area contributed by atoms with Crippen LogP contribution in [-0.4, -0.2) is 62.8 Å². The molecule has 0 atom stereocenters. The zero-order valence-electron chi connectivity index (χ0n) is 13.5. The maximum Gasteiger partial charge on any atom is 0.142 e. The van der Waals surface area contributed by atoms with Gasteiger partial charge < -0.3 is 33.1 Å². The molecular weight excluding hydrogens is 382 g/mol. The highest BCUT2D eigenvalue weighted by Gasteiger charge is 2.23. The summed E-state index contributed by atoms with van der Waals surface area (Å²) in [5, 5.41) is 0. The molecule has 1 fully saturated rings. The van der Waals surface area contributed by atoms with Crippen LogP contribution in [0.4, 0.5) is 11.4 Å². The molecule has 1 aromatic carbocycles. The molecule has 0 amide bonds. The van der Waals surface area contributed by atoms with Crippen molar-refractivity contribution in [3.8, 4) is 5.75 Å². The van der Waals surface area contributed by atoms with Gasteiger partial charge in [-0.1, -0.05) is 0 Å². The highest BCUT2D eigenvalue weighted by Crippen LogP contribution is 2.23. The summed E-state index contributed by atoms with van der Waals surface area (Å²) >= 11 is 0. The van der Waals surface area contributed by atoms with Gasteiger partial charge in [-0.3, -0.25) is 4.90 Å². The summed E-state index contributed by atoms with van der Waals surface area (Å²) in [5.41, 5.74) is 12.8. The Morgan fingerprint density at radius 3 is 2.17 bits per heavy atom. The Morgan fingerprint density at radius 1 is 1.09 bits per heavy atom. The maximum atomic E-state index is 5.86. The fraction of sp³-hybridized carbons (Fsp3) is 0.571. The van der Waals surface area contributed by atoms with Crippen LogP contribution in [0, 0.1) is 0 Å². The molecule has 1 aromatic rings. The number of hydrogen-bond donors (Lipinski definition) is 2. The summed E-state index contributed by atoms with van der Waals surface area (Å²) < 4.78 is 6.83. The summed E-state index contributed by atoms with van der Waals surface area (Å²) in [4.78, 5) is 2.44. The molecule has 9 heteroatoms. The number of benzene rings is 1. The van der Waals surface area contributed by atoms with E-state index in [1.165, 1.54) is 13.1 Å². The number of nitrogens with zero attached hydrogens (tertiary/aromatic N) is 2. The lowest BCUT2D eigenvalue weighted by molar-refractivity contribution is -0.894. The Hall–Kier alpha value is -0.300. The molecule has 1 aliphatic heterocycles. The molecule has 0 aromatic heterocycles. The van der Waals surface area contributed by atoms with Crippen molar-refractivity contribution in [2.75, 3.05) is 64.9 Å². The third kappa shape index (κ3) is 8.94. The van der Waals surface area contributed by atoms with Gasteiger partial charge in [0.25, 0.3) is 0 Å². The van der Waals surface area contributed by atoms with Gasteiger partial charge in [0.05, 0.1) is 32.9 Å². The predicted molar refractivity (Wildman–Crippen MR) is 101 cm³/mol. The lowest BCUT2D eigenvalue weighted by Gasteiger charge is -2.38. The number of rotatable bonds is 4. The topological polar surface area (TPSA) is 64.5 Å². The first-order valence-corrected chi connectivity index (χ1v) is 6.78. The van der Waals surface area contributed by atoms with Crippen molar-refractivity contribution in [3.63, 3.8) is 0 Å². The Kier molecular flexibility index (Phi) is 14.5. The monoisotopic (exact) mass is 408 g/mol. The molecule has 23 heavy (non-hydrogen) atoms. The number of likely N-dealkylation sites (N-methyl/N-ethyl adjacent to an activating group) is 1. The lowest BCUT2D eigenvalue weighted by Crippen LogP contribution is -3.00. The number of hydrogen-bond acceptors (Lipinski definition) is 4. The molecule has 0 spiro atoms. The summed E-state index contributed by atoms with van der Waals surface area (Å²) in [6.45, 7) is 6.28. The minimum absolute atomic E-state index is 0. The van der Waals surface area contributed by atoms with Gasteiger partial charge in [-0.2, -0.15) is 0 Å². The van der Waals surface area contributed by atoms with Gasteiger partial charge in [-0.15, -0.1) is 37.2 Å². The largest absolute Gasteiger partial charge is 1.00 e. The van der Waals surface area contributed by atoms with Crippen molar-refractivity contribution in [3.05, 3.63) is 18.2 Å². The van der Waals surface area contributed by atoms with E-state index in [1.54, 1.807) is 6.07 Å². The molecular formula is C14H28Cl4N4O. The Bertz CT molecular complexity index is 439. The smallest absolute Gasteiger partial charge is 0.142 e. The van der Waals surface area contributed by atoms with Gasteiger partial charge in [-0.05, 0) is 18.2 Å². The number of quaternary nitrogens is 1. The third-order valence-electron chi connectivity index (χ3n) is 3.74. The van der Waals surface area contributed by atoms with Crippen LogP contribution >= 0.6 is 37.2 Å². The summed E-state index contributed by atoms with van der Waals surface area (Å²) in [6.07, 6.45) is 0. The first kappa shape index (κ1) is 27.5. The van der Waals surface area contributed by atoms with Gasteiger partial charge >= 0.3 is 0 Å². The van der Waals surface area contributed by atoms with Crippen molar-refractivity contribution < 1.29 is 21.6 Å². The zero-order chi connectivity index (χ0) is 13.9. The van der Waals surface area contributed by atoms with Crippen molar-refractivity contribution >= 4 is 48.6 Å². The van der Waals surface area contributed by atoms with Gasteiger partial charge in [0.15, 0.2) is 0 Å². The van der Waals surface area contributed by atoms with Gasteiger partial charge in [0, 0.05) is 25.3 Å². The van der Waals surface area contributed by atoms with Crippen LogP contribution in [0.1, 0.15) is 0 Å². The molecule has 1 aliphatic rings. The van der Waals surface area contributed by atoms with Gasteiger partial charge in [0.1, 0.15) is 12.4 Å². The van der Waals surface area contributed by atoms with E-state index in [1.807, 2.05) is 12.1 Å². The fourth-order valence-electron chi connectivity index (χ4n) is 2.25. The summed E-state index contributed by atoms with van der Waals surface area (Å²) in [5.74, 6) is 0.724. The molecule has 0 radical (unpaired) electrons. The average Bonchev–Trinajstić information content (AvgIpc) is 2.34. The molecule has 0 bridgehead atoms. The average molecular weight is 410 g/mol. The predicted octanol–water partition coefficient (Wildman–Crippen LogP) is -1.11. The molecule has 0 unspecified atom stereocenters. The molecule has 0 saturated carbocycles. The second kappa shape index (κ2) is 12.1. The summed E-state index contributed by atoms with van der Waals surface area (Å²) in [6, 6.07) is 5.38. The molecule has 5 nitrogen and oxygen atoms in total.